The molecule has 0 aromatic heterocycles. The lowest BCUT2D eigenvalue weighted by molar-refractivity contribution is -0.120. The van der Waals surface area contributed by atoms with Crippen molar-refractivity contribution in [1.29, 1.82) is 0 Å². The molecule has 0 saturated carbocycles. The second-order valence-electron chi connectivity index (χ2n) is 4.61. The minimum Gasteiger partial charge on any atom is -0.356 e. The van der Waals surface area contributed by atoms with Crippen LogP contribution in [-0.2, 0) is 9.59 Å². The van der Waals surface area contributed by atoms with Crippen LogP contribution in [0.15, 0.2) is 0 Å². The van der Waals surface area contributed by atoms with Gasteiger partial charge in [0.1, 0.15) is 5.78 Å². The molecule has 0 atom stereocenters. The van der Waals surface area contributed by atoms with Gasteiger partial charge in [-0.25, -0.2) is 0 Å². The maximum absolute atomic E-state index is 11.5. The largest absolute Gasteiger partial charge is 0.356 e. The Labute approximate surface area is 125 Å². The lowest BCUT2D eigenvalue weighted by atomic mass is 10.1. The van der Waals surface area contributed by atoms with Gasteiger partial charge in [0.15, 0.2) is 0 Å². The van der Waals surface area contributed by atoms with E-state index in [0.717, 1.165) is 31.6 Å². The fraction of sp³-hybridized carbons (Fsp3) is 0.857. The number of carbonyl (C=O) groups excluding carboxylic acids is 2. The van der Waals surface area contributed by atoms with Gasteiger partial charge in [-0.3, -0.25) is 4.79 Å². The van der Waals surface area contributed by atoms with Crippen LogP contribution in [0.5, 0.6) is 0 Å². The van der Waals surface area contributed by atoms with Crippen molar-refractivity contribution < 1.29 is 9.59 Å². The van der Waals surface area contributed by atoms with Crippen molar-refractivity contribution in [2.24, 2.45) is 0 Å². The number of hydrogen-bond acceptors (Lipinski definition) is 4. The van der Waals surface area contributed by atoms with Gasteiger partial charge in [0.05, 0.1) is 0 Å². The molecule has 0 saturated heterocycles. The molecule has 3 nitrogen and oxygen atoms in total. The molecule has 19 heavy (non-hydrogen) atoms. The Hall–Kier alpha value is -0.160. The molecule has 0 unspecified atom stereocenters. The second-order valence-corrected chi connectivity index (χ2v) is 7.31. The number of rotatable bonds is 13. The molecule has 0 heterocycles. The minimum atomic E-state index is 0.148. The summed E-state index contributed by atoms with van der Waals surface area (Å²) in [6.45, 7) is 4.55. The monoisotopic (exact) mass is 305 g/mol. The maximum atomic E-state index is 11.5. The van der Waals surface area contributed by atoms with Crippen LogP contribution in [0.4, 0.5) is 0 Å². The molecular weight excluding hydrogens is 278 g/mol. The highest BCUT2D eigenvalue weighted by Gasteiger charge is 2.01. The molecule has 112 valence electrons. The third-order valence-electron chi connectivity index (χ3n) is 2.60. The molecule has 0 aliphatic carbocycles. The lowest BCUT2D eigenvalue weighted by Gasteiger charge is -2.04. The fourth-order valence-corrected chi connectivity index (χ4v) is 3.67. The fourth-order valence-electron chi connectivity index (χ4n) is 1.45. The summed E-state index contributed by atoms with van der Waals surface area (Å²) in [5, 5.41) is 2.93. The summed E-state index contributed by atoms with van der Waals surface area (Å²) in [6, 6.07) is 0. The molecule has 0 aromatic carbocycles. The van der Waals surface area contributed by atoms with Crippen LogP contribution in [-0.4, -0.2) is 29.7 Å². The average molecular weight is 306 g/mol. The molecule has 0 radical (unpaired) electrons. The van der Waals surface area contributed by atoms with Crippen LogP contribution in [0.3, 0.4) is 0 Å². The first-order valence-electron chi connectivity index (χ1n) is 7.17. The van der Waals surface area contributed by atoms with Crippen LogP contribution in [0.2, 0.25) is 0 Å². The summed E-state index contributed by atoms with van der Waals surface area (Å²) in [4.78, 5) is 22.2. The van der Waals surface area contributed by atoms with Crippen molar-refractivity contribution in [3.8, 4) is 0 Å². The van der Waals surface area contributed by atoms with Gasteiger partial charge in [0.2, 0.25) is 5.91 Å². The van der Waals surface area contributed by atoms with Crippen molar-refractivity contribution in [2.45, 2.75) is 58.8 Å². The van der Waals surface area contributed by atoms with Crippen molar-refractivity contribution in [3.63, 3.8) is 0 Å². The number of Topliss-reactive ketones (excluding diaryl/α,β-unsaturated/α-hetero) is 1. The van der Waals surface area contributed by atoms with Gasteiger partial charge in [-0.15, -0.1) is 0 Å². The van der Waals surface area contributed by atoms with Crippen LogP contribution in [0.1, 0.15) is 58.8 Å². The Morgan fingerprint density at radius 1 is 0.947 bits per heavy atom. The van der Waals surface area contributed by atoms with Crippen LogP contribution in [0, 0.1) is 0 Å². The van der Waals surface area contributed by atoms with Gasteiger partial charge >= 0.3 is 0 Å². The quantitative estimate of drug-likeness (QED) is 0.415. The molecule has 0 fully saturated rings. The predicted molar refractivity (Wildman–Crippen MR) is 86.6 cm³/mol. The third kappa shape index (κ3) is 15.8. The molecule has 5 heteroatoms. The number of carbonyl (C=O) groups is 2. The zero-order valence-corrected chi connectivity index (χ0v) is 13.8. The van der Waals surface area contributed by atoms with E-state index in [9.17, 15) is 9.59 Å². The summed E-state index contributed by atoms with van der Waals surface area (Å²) in [6.07, 6.45) is 6.69. The number of nitrogens with one attached hydrogen (secondary N) is 1. The van der Waals surface area contributed by atoms with E-state index in [1.165, 1.54) is 18.6 Å². The minimum absolute atomic E-state index is 0.148. The topological polar surface area (TPSA) is 46.2 Å². The Kier molecular flexibility index (Phi) is 14.1. The first-order valence-corrected chi connectivity index (χ1v) is 9.66. The van der Waals surface area contributed by atoms with E-state index in [-0.39, 0.29) is 11.7 Å². The summed E-state index contributed by atoms with van der Waals surface area (Å²) in [7, 11) is 3.65. The number of hydrogen-bond donors (Lipinski definition) is 1. The first kappa shape index (κ1) is 18.8. The highest BCUT2D eigenvalue weighted by molar-refractivity contribution is 8.76. The lowest BCUT2D eigenvalue weighted by Crippen LogP contribution is -2.24. The smallest absolute Gasteiger partial charge is 0.220 e. The number of unbranched alkanes of at least 4 members (excludes halogenated alkanes) is 3. The third-order valence-corrected chi connectivity index (χ3v) is 5.10. The zero-order valence-electron chi connectivity index (χ0n) is 12.2. The highest BCUT2D eigenvalue weighted by Crippen LogP contribution is 2.22. The molecular formula is C14H27NO2S2. The standard InChI is InChI=1S/C14H27NO2S2/c1-3-4-11-18-19-12-9-14(17)15-10-7-5-6-8-13(2)16/h3-12H2,1-2H3,(H,15,17). The summed E-state index contributed by atoms with van der Waals surface area (Å²) >= 11 is 0. The van der Waals surface area contributed by atoms with E-state index in [0.29, 0.717) is 12.8 Å². The Morgan fingerprint density at radius 3 is 2.37 bits per heavy atom. The molecule has 1 N–H and O–H groups in total. The average Bonchev–Trinajstić information content (AvgIpc) is 2.37. The SMILES string of the molecule is CCCCSSCCC(=O)NCCCCCC(C)=O. The molecule has 1 amide bonds. The number of amides is 1. The zero-order chi connectivity index (χ0) is 14.3. The van der Waals surface area contributed by atoms with Crippen LogP contribution in [0.25, 0.3) is 0 Å². The van der Waals surface area contributed by atoms with Crippen LogP contribution < -0.4 is 5.32 Å². The van der Waals surface area contributed by atoms with Gasteiger partial charge in [0, 0.05) is 30.9 Å². The summed E-state index contributed by atoms with van der Waals surface area (Å²) in [5.74, 6) is 2.47. The Bertz CT molecular complexity index is 248. The molecule has 0 spiro atoms. The van der Waals surface area contributed by atoms with Crippen molar-refractivity contribution in [1.82, 2.24) is 5.32 Å². The second kappa shape index (κ2) is 14.3. The Balaban J connectivity index is 3.19. The van der Waals surface area contributed by atoms with Crippen molar-refractivity contribution in [3.05, 3.63) is 0 Å². The Morgan fingerprint density at radius 2 is 1.68 bits per heavy atom. The molecule has 0 bridgehead atoms. The van der Waals surface area contributed by atoms with Gasteiger partial charge in [-0.05, 0) is 26.2 Å². The van der Waals surface area contributed by atoms with Crippen molar-refractivity contribution in [2.75, 3.05) is 18.1 Å². The van der Waals surface area contributed by atoms with Crippen LogP contribution >= 0.6 is 21.6 Å². The normalized spacial score (nSPS) is 10.4. The van der Waals surface area contributed by atoms with E-state index in [2.05, 4.69) is 12.2 Å². The number of ketones is 1. The van der Waals surface area contributed by atoms with Gasteiger partial charge in [0.25, 0.3) is 0 Å². The van der Waals surface area contributed by atoms with E-state index in [4.69, 9.17) is 0 Å². The summed E-state index contributed by atoms with van der Waals surface area (Å²) in [5.41, 5.74) is 0. The highest BCUT2D eigenvalue weighted by atomic mass is 33.1. The molecule has 0 rings (SSSR count). The van der Waals surface area contributed by atoms with E-state index < -0.39 is 0 Å². The maximum Gasteiger partial charge on any atom is 0.220 e. The predicted octanol–water partition coefficient (Wildman–Crippen LogP) is 3.82. The van der Waals surface area contributed by atoms with E-state index in [1.54, 1.807) is 17.7 Å². The molecule has 0 aliphatic rings. The first-order chi connectivity index (χ1) is 9.16. The van der Waals surface area contributed by atoms with Crippen molar-refractivity contribution >= 4 is 33.3 Å². The van der Waals surface area contributed by atoms with E-state index >= 15 is 0 Å². The molecule has 0 aliphatic heterocycles. The molecule has 0 aromatic rings. The van der Waals surface area contributed by atoms with Gasteiger partial charge in [-0.2, -0.15) is 0 Å². The van der Waals surface area contributed by atoms with E-state index in [1.807, 2.05) is 10.8 Å². The van der Waals surface area contributed by atoms with Gasteiger partial charge in [-0.1, -0.05) is 41.4 Å². The summed E-state index contributed by atoms with van der Waals surface area (Å²) < 4.78 is 0. The van der Waals surface area contributed by atoms with Gasteiger partial charge < -0.3 is 10.1 Å².